The van der Waals surface area contributed by atoms with Crippen molar-refractivity contribution in [3.8, 4) is 11.5 Å². The van der Waals surface area contributed by atoms with E-state index in [9.17, 15) is 4.79 Å². The summed E-state index contributed by atoms with van der Waals surface area (Å²) in [5.41, 5.74) is 0.649. The van der Waals surface area contributed by atoms with Crippen LogP contribution >= 0.6 is 0 Å². The number of unbranched alkanes of at least 4 members (excludes halogenated alkanes) is 1. The van der Waals surface area contributed by atoms with Crippen LogP contribution in [0.25, 0.3) is 0 Å². The van der Waals surface area contributed by atoms with E-state index < -0.39 is 0 Å². The molecule has 0 saturated carbocycles. The summed E-state index contributed by atoms with van der Waals surface area (Å²) in [7, 11) is 0. The highest BCUT2D eigenvalue weighted by Crippen LogP contribution is 2.28. The Morgan fingerprint density at radius 3 is 2.53 bits per heavy atom. The molecule has 3 heteroatoms. The maximum absolute atomic E-state index is 11.3. The predicted molar refractivity (Wildman–Crippen MR) is 68.0 cm³/mol. The van der Waals surface area contributed by atoms with Crippen LogP contribution in [-0.2, 0) is 0 Å². The van der Waals surface area contributed by atoms with Crippen molar-refractivity contribution in [2.75, 3.05) is 13.2 Å². The van der Waals surface area contributed by atoms with Gasteiger partial charge >= 0.3 is 0 Å². The number of ketones is 1. The molecule has 0 amide bonds. The standard InChI is InChI=1S/C14H20O3/c1-4-6-9-17-13-8-7-12(11(3)15)10-14(13)16-5-2/h7-8,10H,4-6,9H2,1-3H3. The molecule has 0 aliphatic heterocycles. The van der Waals surface area contributed by atoms with Crippen LogP contribution in [0.5, 0.6) is 11.5 Å². The summed E-state index contributed by atoms with van der Waals surface area (Å²) in [5.74, 6) is 1.40. The Balaban J connectivity index is 2.83. The Morgan fingerprint density at radius 2 is 1.94 bits per heavy atom. The van der Waals surface area contributed by atoms with Gasteiger partial charge in [-0.2, -0.15) is 0 Å². The summed E-state index contributed by atoms with van der Waals surface area (Å²) in [6.45, 7) is 6.81. The van der Waals surface area contributed by atoms with Gasteiger partial charge in [0.1, 0.15) is 0 Å². The van der Waals surface area contributed by atoms with Crippen molar-refractivity contribution in [2.24, 2.45) is 0 Å². The van der Waals surface area contributed by atoms with Crippen molar-refractivity contribution in [1.29, 1.82) is 0 Å². The van der Waals surface area contributed by atoms with E-state index in [2.05, 4.69) is 6.92 Å². The molecule has 0 aromatic heterocycles. The zero-order valence-electron chi connectivity index (χ0n) is 10.8. The smallest absolute Gasteiger partial charge is 0.161 e. The van der Waals surface area contributed by atoms with Gasteiger partial charge < -0.3 is 9.47 Å². The molecule has 0 unspecified atom stereocenters. The quantitative estimate of drug-likeness (QED) is 0.537. The first-order valence-corrected chi connectivity index (χ1v) is 6.09. The second-order valence-electron chi connectivity index (χ2n) is 3.85. The van der Waals surface area contributed by atoms with E-state index in [1.54, 1.807) is 25.1 Å². The van der Waals surface area contributed by atoms with Gasteiger partial charge in [0.25, 0.3) is 0 Å². The molecule has 0 heterocycles. The van der Waals surface area contributed by atoms with Gasteiger partial charge in [0, 0.05) is 5.56 Å². The molecule has 1 aromatic carbocycles. The average Bonchev–Trinajstić information content (AvgIpc) is 2.31. The Morgan fingerprint density at radius 1 is 1.18 bits per heavy atom. The molecule has 1 aromatic rings. The Bertz CT molecular complexity index is 372. The number of ether oxygens (including phenoxy) is 2. The van der Waals surface area contributed by atoms with Crippen LogP contribution in [0.2, 0.25) is 0 Å². The molecule has 0 radical (unpaired) electrons. The number of hydrogen-bond donors (Lipinski definition) is 0. The third kappa shape index (κ3) is 4.10. The van der Waals surface area contributed by atoms with Crippen LogP contribution < -0.4 is 9.47 Å². The minimum absolute atomic E-state index is 0.0334. The molecule has 0 aliphatic rings. The van der Waals surface area contributed by atoms with E-state index in [-0.39, 0.29) is 5.78 Å². The van der Waals surface area contributed by atoms with Crippen molar-refractivity contribution in [2.45, 2.75) is 33.6 Å². The molecule has 0 fully saturated rings. The lowest BCUT2D eigenvalue weighted by Crippen LogP contribution is -2.02. The molecule has 94 valence electrons. The topological polar surface area (TPSA) is 35.5 Å². The van der Waals surface area contributed by atoms with Crippen LogP contribution in [0.3, 0.4) is 0 Å². The normalized spacial score (nSPS) is 10.1. The van der Waals surface area contributed by atoms with Crippen molar-refractivity contribution in [1.82, 2.24) is 0 Å². The molecule has 0 atom stereocenters. The van der Waals surface area contributed by atoms with E-state index in [1.165, 1.54) is 0 Å². The first-order valence-electron chi connectivity index (χ1n) is 6.09. The summed E-state index contributed by atoms with van der Waals surface area (Å²) in [6, 6.07) is 5.32. The molecule has 0 N–H and O–H groups in total. The molecule has 0 aliphatic carbocycles. The van der Waals surface area contributed by atoms with E-state index in [1.807, 2.05) is 6.92 Å². The van der Waals surface area contributed by atoms with Gasteiger partial charge in [-0.1, -0.05) is 13.3 Å². The highest BCUT2D eigenvalue weighted by molar-refractivity contribution is 5.94. The molecule has 17 heavy (non-hydrogen) atoms. The second-order valence-corrected chi connectivity index (χ2v) is 3.85. The lowest BCUT2D eigenvalue weighted by Gasteiger charge is -2.12. The maximum Gasteiger partial charge on any atom is 0.161 e. The highest BCUT2D eigenvalue weighted by Gasteiger charge is 2.08. The van der Waals surface area contributed by atoms with E-state index in [0.29, 0.717) is 30.3 Å². The fourth-order valence-electron chi connectivity index (χ4n) is 1.44. The van der Waals surface area contributed by atoms with Gasteiger partial charge in [-0.25, -0.2) is 0 Å². The van der Waals surface area contributed by atoms with Crippen LogP contribution in [0.15, 0.2) is 18.2 Å². The summed E-state index contributed by atoms with van der Waals surface area (Å²) < 4.78 is 11.1. The summed E-state index contributed by atoms with van der Waals surface area (Å²) in [4.78, 5) is 11.3. The van der Waals surface area contributed by atoms with Gasteiger partial charge in [0.05, 0.1) is 13.2 Å². The number of rotatable bonds is 7. The first-order chi connectivity index (χ1) is 8.19. The lowest BCUT2D eigenvalue weighted by atomic mass is 10.1. The van der Waals surface area contributed by atoms with Crippen molar-refractivity contribution in [3.63, 3.8) is 0 Å². The van der Waals surface area contributed by atoms with Crippen molar-refractivity contribution >= 4 is 5.78 Å². The van der Waals surface area contributed by atoms with Gasteiger partial charge in [-0.15, -0.1) is 0 Å². The number of carbonyl (C=O) groups excluding carboxylic acids is 1. The molecule has 1 rings (SSSR count). The number of benzene rings is 1. The summed E-state index contributed by atoms with van der Waals surface area (Å²) in [5, 5.41) is 0. The van der Waals surface area contributed by atoms with Gasteiger partial charge in [0.15, 0.2) is 17.3 Å². The van der Waals surface area contributed by atoms with Crippen LogP contribution in [0.1, 0.15) is 44.0 Å². The molecular weight excluding hydrogens is 216 g/mol. The zero-order chi connectivity index (χ0) is 12.7. The monoisotopic (exact) mass is 236 g/mol. The third-order valence-corrected chi connectivity index (χ3v) is 2.41. The average molecular weight is 236 g/mol. The molecule has 0 saturated heterocycles. The number of carbonyl (C=O) groups is 1. The summed E-state index contributed by atoms with van der Waals surface area (Å²) >= 11 is 0. The van der Waals surface area contributed by atoms with Gasteiger partial charge in [-0.05, 0) is 38.5 Å². The number of hydrogen-bond acceptors (Lipinski definition) is 3. The predicted octanol–water partition coefficient (Wildman–Crippen LogP) is 3.47. The molecule has 3 nitrogen and oxygen atoms in total. The fraction of sp³-hybridized carbons (Fsp3) is 0.500. The first kappa shape index (κ1) is 13.6. The molecular formula is C14H20O3. The van der Waals surface area contributed by atoms with Crippen LogP contribution in [-0.4, -0.2) is 19.0 Å². The zero-order valence-corrected chi connectivity index (χ0v) is 10.8. The Labute approximate surface area is 103 Å². The van der Waals surface area contributed by atoms with Crippen LogP contribution in [0, 0.1) is 0 Å². The van der Waals surface area contributed by atoms with E-state index >= 15 is 0 Å². The SMILES string of the molecule is CCCCOc1ccc(C(C)=O)cc1OCC. The van der Waals surface area contributed by atoms with Crippen molar-refractivity contribution < 1.29 is 14.3 Å². The summed E-state index contributed by atoms with van der Waals surface area (Å²) in [6.07, 6.45) is 2.11. The molecule has 0 spiro atoms. The number of Topliss-reactive ketones (excluding diaryl/α,β-unsaturated/α-hetero) is 1. The van der Waals surface area contributed by atoms with Gasteiger partial charge in [-0.3, -0.25) is 4.79 Å². The van der Waals surface area contributed by atoms with Gasteiger partial charge in [0.2, 0.25) is 0 Å². The maximum atomic E-state index is 11.3. The third-order valence-electron chi connectivity index (χ3n) is 2.41. The minimum atomic E-state index is 0.0334. The van der Waals surface area contributed by atoms with E-state index in [0.717, 1.165) is 12.8 Å². The highest BCUT2D eigenvalue weighted by atomic mass is 16.5. The Hall–Kier alpha value is -1.51. The minimum Gasteiger partial charge on any atom is -0.490 e. The fourth-order valence-corrected chi connectivity index (χ4v) is 1.44. The Kier molecular flexibility index (Phi) is 5.53. The second kappa shape index (κ2) is 6.94. The lowest BCUT2D eigenvalue weighted by molar-refractivity contribution is 0.101. The largest absolute Gasteiger partial charge is 0.490 e. The van der Waals surface area contributed by atoms with E-state index in [4.69, 9.17) is 9.47 Å². The van der Waals surface area contributed by atoms with Crippen molar-refractivity contribution in [3.05, 3.63) is 23.8 Å². The van der Waals surface area contributed by atoms with Crippen LogP contribution in [0.4, 0.5) is 0 Å². The molecule has 0 bridgehead atoms.